The smallest absolute Gasteiger partial charge is 0.335 e. The van der Waals surface area contributed by atoms with Crippen molar-refractivity contribution in [1.29, 1.82) is 0 Å². The van der Waals surface area contributed by atoms with Crippen molar-refractivity contribution < 1.29 is 23.1 Å². The van der Waals surface area contributed by atoms with Crippen molar-refractivity contribution in [3.63, 3.8) is 0 Å². The van der Waals surface area contributed by atoms with Crippen LogP contribution in [0.4, 0.5) is 19.0 Å². The van der Waals surface area contributed by atoms with Gasteiger partial charge in [-0.15, -0.1) is 4.98 Å². The van der Waals surface area contributed by atoms with Crippen molar-refractivity contribution in [2.75, 3.05) is 0 Å². The number of carbonyl (C=O) groups is 1. The first-order chi connectivity index (χ1) is 11.4. The predicted molar refractivity (Wildman–Crippen MR) is 80.3 cm³/mol. The van der Waals surface area contributed by atoms with Gasteiger partial charge in [0.05, 0.1) is 11.1 Å². The number of fused-ring (bicyclic) bond motifs is 1. The van der Waals surface area contributed by atoms with E-state index in [0.29, 0.717) is 12.1 Å². The number of carboxylic acid groups (broad SMARTS) is 1. The molecule has 1 aromatic heterocycles. The largest absolute Gasteiger partial charge is 0.478 e. The van der Waals surface area contributed by atoms with Crippen LogP contribution in [0.5, 0.6) is 0 Å². The minimum Gasteiger partial charge on any atom is -0.478 e. The minimum absolute atomic E-state index is 0.0656. The van der Waals surface area contributed by atoms with Gasteiger partial charge in [-0.1, -0.05) is 6.57 Å². The van der Waals surface area contributed by atoms with Gasteiger partial charge in [0, 0.05) is 17.5 Å². The zero-order valence-corrected chi connectivity index (χ0v) is 11.8. The van der Waals surface area contributed by atoms with Crippen molar-refractivity contribution in [3.05, 3.63) is 70.8 Å². The lowest BCUT2D eigenvalue weighted by Gasteiger charge is -2.09. The molecule has 0 aliphatic carbocycles. The summed E-state index contributed by atoms with van der Waals surface area (Å²) in [6.45, 7) is 7.05. The Balaban J connectivity index is 2.44. The standard InChI is InChI=1S/C17H7F3N2O2/c1-21-15-7-11(16-12(19)5-9(18)6-13(16)20)10-4-8(17(23)24)2-3-14(10)22-15/h2-7H,(H,23,24). The molecular weight excluding hydrogens is 321 g/mol. The van der Waals surface area contributed by atoms with Crippen LogP contribution in [0.15, 0.2) is 36.4 Å². The molecule has 0 fully saturated rings. The molecule has 2 aromatic carbocycles. The molecule has 24 heavy (non-hydrogen) atoms. The van der Waals surface area contributed by atoms with Crippen LogP contribution < -0.4 is 0 Å². The van der Waals surface area contributed by atoms with E-state index in [1.165, 1.54) is 18.2 Å². The van der Waals surface area contributed by atoms with Crippen LogP contribution >= 0.6 is 0 Å². The summed E-state index contributed by atoms with van der Waals surface area (Å²) >= 11 is 0. The van der Waals surface area contributed by atoms with Crippen LogP contribution in [0.2, 0.25) is 0 Å². The van der Waals surface area contributed by atoms with Crippen LogP contribution in [0.1, 0.15) is 10.4 Å². The first-order valence-corrected chi connectivity index (χ1v) is 6.61. The highest BCUT2D eigenvalue weighted by Gasteiger charge is 2.19. The number of rotatable bonds is 2. The first kappa shape index (κ1) is 15.5. The molecule has 7 heteroatoms. The van der Waals surface area contributed by atoms with Gasteiger partial charge in [0.25, 0.3) is 5.82 Å². The van der Waals surface area contributed by atoms with E-state index in [1.807, 2.05) is 0 Å². The molecule has 3 rings (SSSR count). The zero-order chi connectivity index (χ0) is 17.4. The normalized spacial score (nSPS) is 10.6. The molecule has 4 nitrogen and oxygen atoms in total. The van der Waals surface area contributed by atoms with Crippen molar-refractivity contribution in [2.45, 2.75) is 0 Å². The number of hydrogen-bond donors (Lipinski definition) is 1. The first-order valence-electron chi connectivity index (χ1n) is 6.61. The van der Waals surface area contributed by atoms with E-state index in [4.69, 9.17) is 11.7 Å². The maximum Gasteiger partial charge on any atom is 0.335 e. The van der Waals surface area contributed by atoms with Crippen LogP contribution in [0.25, 0.3) is 26.9 Å². The predicted octanol–water partition coefficient (Wildman–Crippen LogP) is 4.57. The Morgan fingerprint density at radius 2 is 1.75 bits per heavy atom. The molecule has 0 bridgehead atoms. The van der Waals surface area contributed by atoms with E-state index < -0.39 is 29.0 Å². The number of benzene rings is 2. The van der Waals surface area contributed by atoms with E-state index in [0.717, 1.165) is 6.07 Å². The molecule has 0 aliphatic heterocycles. The van der Waals surface area contributed by atoms with E-state index in [1.54, 1.807) is 0 Å². The highest BCUT2D eigenvalue weighted by molar-refractivity contribution is 6.01. The maximum atomic E-state index is 14.1. The highest BCUT2D eigenvalue weighted by Crippen LogP contribution is 2.35. The molecule has 0 radical (unpaired) electrons. The lowest BCUT2D eigenvalue weighted by Crippen LogP contribution is -1.98. The summed E-state index contributed by atoms with van der Waals surface area (Å²) in [4.78, 5) is 18.3. The van der Waals surface area contributed by atoms with Crippen LogP contribution in [0.3, 0.4) is 0 Å². The fraction of sp³-hybridized carbons (Fsp3) is 0. The molecule has 0 saturated carbocycles. The van der Waals surface area contributed by atoms with Crippen molar-refractivity contribution in [1.82, 2.24) is 4.98 Å². The summed E-state index contributed by atoms with van der Waals surface area (Å²) in [7, 11) is 0. The van der Waals surface area contributed by atoms with Gasteiger partial charge in [-0.3, -0.25) is 0 Å². The van der Waals surface area contributed by atoms with E-state index >= 15 is 0 Å². The van der Waals surface area contributed by atoms with Crippen molar-refractivity contribution in [2.24, 2.45) is 0 Å². The summed E-state index contributed by atoms with van der Waals surface area (Å²) in [6, 6.07) is 5.99. The molecular formula is C17H7F3N2O2. The molecule has 1 N–H and O–H groups in total. The number of nitrogens with zero attached hydrogens (tertiary/aromatic N) is 2. The van der Waals surface area contributed by atoms with Gasteiger partial charge in [-0.05, 0) is 29.8 Å². The molecule has 0 saturated heterocycles. The van der Waals surface area contributed by atoms with Gasteiger partial charge in [0.1, 0.15) is 17.5 Å². The zero-order valence-electron chi connectivity index (χ0n) is 11.8. The third kappa shape index (κ3) is 2.54. The summed E-state index contributed by atoms with van der Waals surface area (Å²) in [5.41, 5.74) is -0.518. The van der Waals surface area contributed by atoms with E-state index in [9.17, 15) is 18.0 Å². The number of halogens is 3. The molecule has 0 unspecified atom stereocenters. The molecule has 1 heterocycles. The lowest BCUT2D eigenvalue weighted by atomic mass is 9.98. The number of aromatic carboxylic acids is 1. The Hall–Kier alpha value is -3.40. The van der Waals surface area contributed by atoms with Crippen LogP contribution in [0, 0.1) is 24.0 Å². The minimum atomic E-state index is -1.22. The average molecular weight is 328 g/mol. The molecule has 0 spiro atoms. The second-order valence-corrected chi connectivity index (χ2v) is 4.92. The Morgan fingerprint density at radius 1 is 1.08 bits per heavy atom. The number of pyridine rings is 1. The van der Waals surface area contributed by atoms with Gasteiger partial charge in [-0.2, -0.15) is 0 Å². The Bertz CT molecular complexity index is 1020. The van der Waals surface area contributed by atoms with Gasteiger partial charge in [0.15, 0.2) is 5.52 Å². The van der Waals surface area contributed by atoms with Gasteiger partial charge >= 0.3 is 5.97 Å². The SMILES string of the molecule is [C-]#[N+]c1cc(-c2c(F)cc(F)cc2F)c2cc(C(=O)O)ccc2n1. The fourth-order valence-corrected chi connectivity index (χ4v) is 2.41. The topological polar surface area (TPSA) is 54.5 Å². The Kier molecular flexibility index (Phi) is 3.66. The summed E-state index contributed by atoms with van der Waals surface area (Å²) in [5, 5.41) is 9.23. The van der Waals surface area contributed by atoms with Crippen LogP contribution in [-0.2, 0) is 0 Å². The summed E-state index contributed by atoms with van der Waals surface area (Å²) < 4.78 is 41.4. The maximum absolute atomic E-state index is 14.1. The lowest BCUT2D eigenvalue weighted by molar-refractivity contribution is 0.0697. The summed E-state index contributed by atoms with van der Waals surface area (Å²) in [5.74, 6) is -4.74. The summed E-state index contributed by atoms with van der Waals surface area (Å²) in [6.07, 6.45) is 0. The highest BCUT2D eigenvalue weighted by atomic mass is 19.1. The molecule has 118 valence electrons. The van der Waals surface area contributed by atoms with Crippen LogP contribution in [-0.4, -0.2) is 16.1 Å². The quantitative estimate of drug-likeness (QED) is 0.701. The van der Waals surface area contributed by atoms with Crippen molar-refractivity contribution >= 4 is 22.7 Å². The third-order valence-electron chi connectivity index (χ3n) is 3.43. The molecule has 0 amide bonds. The van der Waals surface area contributed by atoms with E-state index in [-0.39, 0.29) is 27.8 Å². The van der Waals surface area contributed by atoms with Crippen molar-refractivity contribution in [3.8, 4) is 11.1 Å². The van der Waals surface area contributed by atoms with E-state index in [2.05, 4.69) is 9.83 Å². The van der Waals surface area contributed by atoms with Gasteiger partial charge < -0.3 is 9.95 Å². The number of hydrogen-bond acceptors (Lipinski definition) is 2. The number of aromatic nitrogens is 1. The Morgan fingerprint density at radius 3 is 2.33 bits per heavy atom. The third-order valence-corrected chi connectivity index (χ3v) is 3.43. The Labute approximate surface area is 133 Å². The monoisotopic (exact) mass is 328 g/mol. The average Bonchev–Trinajstić information content (AvgIpc) is 2.53. The van der Waals surface area contributed by atoms with Gasteiger partial charge in [0.2, 0.25) is 0 Å². The number of carboxylic acids is 1. The fourth-order valence-electron chi connectivity index (χ4n) is 2.41. The second-order valence-electron chi connectivity index (χ2n) is 4.92. The second kappa shape index (κ2) is 5.66. The molecule has 3 aromatic rings. The van der Waals surface area contributed by atoms with Gasteiger partial charge in [-0.25, -0.2) is 18.0 Å². The molecule has 0 aliphatic rings. The molecule has 0 atom stereocenters.